The molecule has 0 bridgehead atoms. The monoisotopic (exact) mass is 347 g/mol. The quantitative estimate of drug-likeness (QED) is 0.341. The largest absolute Gasteiger partial charge is 0.726 e. The fraction of sp³-hybridized carbons (Fsp3) is 0.429. The molecule has 2 rings (SSSR count). The molecule has 1 aliphatic heterocycles. The Balaban J connectivity index is 0.000000379. The van der Waals surface area contributed by atoms with Crippen LogP contribution < -0.4 is 0 Å². The second kappa shape index (κ2) is 8.14. The summed E-state index contributed by atoms with van der Waals surface area (Å²) in [4.78, 5) is 11.9. The number of esters is 1. The van der Waals surface area contributed by atoms with Crippen molar-refractivity contribution in [3.05, 3.63) is 35.1 Å². The number of rotatable bonds is 3. The van der Waals surface area contributed by atoms with Gasteiger partial charge in [0.25, 0.3) is 5.71 Å². The van der Waals surface area contributed by atoms with Gasteiger partial charge in [-0.25, -0.2) is 22.2 Å². The van der Waals surface area contributed by atoms with Crippen molar-refractivity contribution in [3.63, 3.8) is 0 Å². The molecule has 7 nitrogen and oxygen atoms in total. The SMILES string of the molecule is CCOC(=O)C1=[N+](C)CCc2cc(F)ccc21.COS(=O)(=O)[O-]. The summed E-state index contributed by atoms with van der Waals surface area (Å²) in [6.45, 7) is 2.81. The average Bonchev–Trinajstić information content (AvgIpc) is 2.47. The Hall–Kier alpha value is -1.84. The fourth-order valence-corrected chi connectivity index (χ4v) is 2.07. The molecular weight excluding hydrogens is 329 g/mol. The lowest BCUT2D eigenvalue weighted by atomic mass is 9.97. The second-order valence-corrected chi connectivity index (χ2v) is 5.77. The average molecular weight is 347 g/mol. The molecule has 0 N–H and O–H groups in total. The van der Waals surface area contributed by atoms with Crippen molar-refractivity contribution in [1.82, 2.24) is 0 Å². The van der Waals surface area contributed by atoms with Crippen LogP contribution in [0.1, 0.15) is 18.1 Å². The smallest absolute Gasteiger partial charge is 0.403 e. The number of likely N-dealkylation sites (N-methyl/N-ethyl adjacent to an activating group) is 1. The van der Waals surface area contributed by atoms with Crippen LogP contribution in [0.5, 0.6) is 0 Å². The van der Waals surface area contributed by atoms with E-state index in [1.807, 2.05) is 11.6 Å². The topological polar surface area (TPSA) is 95.7 Å². The van der Waals surface area contributed by atoms with Gasteiger partial charge in [-0.05, 0) is 30.7 Å². The summed E-state index contributed by atoms with van der Waals surface area (Å²) in [5.74, 6) is -0.612. The Kier molecular flexibility index (Phi) is 6.79. The maximum atomic E-state index is 13.1. The van der Waals surface area contributed by atoms with Crippen LogP contribution in [0.4, 0.5) is 4.39 Å². The molecule has 0 aromatic heterocycles. The van der Waals surface area contributed by atoms with Gasteiger partial charge >= 0.3 is 5.97 Å². The van der Waals surface area contributed by atoms with E-state index in [-0.39, 0.29) is 11.8 Å². The van der Waals surface area contributed by atoms with Gasteiger partial charge in [0.1, 0.15) is 19.4 Å². The molecule has 1 aliphatic rings. The van der Waals surface area contributed by atoms with E-state index >= 15 is 0 Å². The van der Waals surface area contributed by atoms with Gasteiger partial charge in [0.15, 0.2) is 0 Å². The van der Waals surface area contributed by atoms with Crippen molar-refractivity contribution >= 4 is 22.1 Å². The standard InChI is InChI=1S/C13H15FNO2.CH4O4S/c1-3-17-13(16)12-11-5-4-10(14)8-9(11)6-7-15(12)2;1-5-6(2,3)4/h4-5,8H,3,6-7H2,1-2H3;1H3,(H,2,3,4)/q+1;/p-1. The summed E-state index contributed by atoms with van der Waals surface area (Å²) in [5.41, 5.74) is 2.16. The molecule has 0 unspecified atom stereocenters. The van der Waals surface area contributed by atoms with Crippen molar-refractivity contribution < 1.29 is 35.7 Å². The minimum Gasteiger partial charge on any atom is -0.726 e. The molecule has 0 saturated carbocycles. The number of hydrogen-bond donors (Lipinski definition) is 0. The molecule has 128 valence electrons. The first-order valence-corrected chi connectivity index (χ1v) is 8.08. The molecule has 1 heterocycles. The van der Waals surface area contributed by atoms with E-state index in [1.54, 1.807) is 13.0 Å². The molecule has 0 spiro atoms. The van der Waals surface area contributed by atoms with E-state index in [0.717, 1.165) is 24.7 Å². The normalized spacial score (nSPS) is 13.8. The highest BCUT2D eigenvalue weighted by Crippen LogP contribution is 2.17. The van der Waals surface area contributed by atoms with Gasteiger partial charge in [-0.2, -0.15) is 0 Å². The van der Waals surface area contributed by atoms with E-state index < -0.39 is 10.4 Å². The third-order valence-corrected chi connectivity index (χ3v) is 3.50. The van der Waals surface area contributed by atoms with Crippen LogP contribution in [0, 0.1) is 5.82 Å². The molecule has 0 radical (unpaired) electrons. The molecule has 1 aromatic carbocycles. The number of ether oxygens (including phenoxy) is 1. The first-order chi connectivity index (χ1) is 10.7. The maximum Gasteiger partial charge on any atom is 0.403 e. The maximum absolute atomic E-state index is 13.1. The van der Waals surface area contributed by atoms with Crippen LogP contribution in [-0.4, -0.2) is 56.5 Å². The summed E-state index contributed by atoms with van der Waals surface area (Å²) in [6.07, 6.45) is 0.743. The van der Waals surface area contributed by atoms with Crippen molar-refractivity contribution in [1.29, 1.82) is 0 Å². The van der Waals surface area contributed by atoms with Crippen LogP contribution in [0.25, 0.3) is 0 Å². The summed E-state index contributed by atoms with van der Waals surface area (Å²) in [7, 11) is -1.76. The van der Waals surface area contributed by atoms with Gasteiger partial charge in [-0.3, -0.25) is 4.18 Å². The number of halogens is 1. The van der Waals surface area contributed by atoms with Crippen molar-refractivity contribution in [2.24, 2.45) is 0 Å². The number of hydrogen-bond acceptors (Lipinski definition) is 6. The Labute approximate surface area is 134 Å². The van der Waals surface area contributed by atoms with Crippen LogP contribution >= 0.6 is 0 Å². The number of benzene rings is 1. The van der Waals surface area contributed by atoms with E-state index in [2.05, 4.69) is 4.18 Å². The molecule has 23 heavy (non-hydrogen) atoms. The zero-order valence-corrected chi connectivity index (χ0v) is 13.9. The molecule has 0 amide bonds. The van der Waals surface area contributed by atoms with Crippen LogP contribution in [0.3, 0.4) is 0 Å². The van der Waals surface area contributed by atoms with Gasteiger partial charge < -0.3 is 9.29 Å². The van der Waals surface area contributed by atoms with Crippen molar-refractivity contribution in [2.45, 2.75) is 13.3 Å². The predicted molar refractivity (Wildman–Crippen MR) is 78.6 cm³/mol. The van der Waals surface area contributed by atoms with Crippen LogP contribution in [-0.2, 0) is 30.5 Å². The Morgan fingerprint density at radius 3 is 2.57 bits per heavy atom. The fourth-order valence-electron chi connectivity index (χ4n) is 2.07. The van der Waals surface area contributed by atoms with Crippen LogP contribution in [0.2, 0.25) is 0 Å². The number of carbonyl (C=O) groups is 1. The van der Waals surface area contributed by atoms with E-state index in [9.17, 15) is 22.2 Å². The van der Waals surface area contributed by atoms with Gasteiger partial charge in [0.2, 0.25) is 10.4 Å². The lowest BCUT2D eigenvalue weighted by Crippen LogP contribution is -2.34. The molecule has 0 saturated heterocycles. The highest BCUT2D eigenvalue weighted by molar-refractivity contribution is 7.80. The number of fused-ring (bicyclic) bond motifs is 1. The van der Waals surface area contributed by atoms with Crippen molar-refractivity contribution in [3.8, 4) is 0 Å². The molecular formula is C14H18FNO6S. The minimum absolute atomic E-state index is 0.267. The first kappa shape index (κ1) is 19.2. The van der Waals surface area contributed by atoms with E-state index in [1.165, 1.54) is 12.1 Å². The molecule has 0 aliphatic carbocycles. The number of carbonyl (C=O) groups excluding carboxylic acids is 1. The Bertz CT molecular complexity index is 714. The highest BCUT2D eigenvalue weighted by atomic mass is 32.3. The number of nitrogens with zero attached hydrogens (tertiary/aromatic N) is 1. The predicted octanol–water partition coefficient (Wildman–Crippen LogP) is 0.469. The van der Waals surface area contributed by atoms with Gasteiger partial charge in [-0.1, -0.05) is 0 Å². The highest BCUT2D eigenvalue weighted by Gasteiger charge is 2.30. The second-order valence-electron chi connectivity index (χ2n) is 4.62. The molecule has 0 atom stereocenters. The summed E-state index contributed by atoms with van der Waals surface area (Å²) in [5, 5.41) is 0. The molecule has 0 fully saturated rings. The summed E-state index contributed by atoms with van der Waals surface area (Å²) < 4.78 is 51.0. The third kappa shape index (κ3) is 5.70. The summed E-state index contributed by atoms with van der Waals surface area (Å²) in [6, 6.07) is 4.51. The van der Waals surface area contributed by atoms with E-state index in [0.29, 0.717) is 18.9 Å². The molecule has 1 aromatic rings. The van der Waals surface area contributed by atoms with Gasteiger partial charge in [0, 0.05) is 6.42 Å². The van der Waals surface area contributed by atoms with Crippen molar-refractivity contribution in [2.75, 3.05) is 27.3 Å². The van der Waals surface area contributed by atoms with Crippen LogP contribution in [0.15, 0.2) is 18.2 Å². The molecule has 9 heteroatoms. The lowest BCUT2D eigenvalue weighted by molar-refractivity contribution is -0.497. The van der Waals surface area contributed by atoms with Gasteiger partial charge in [-0.15, -0.1) is 0 Å². The Morgan fingerprint density at radius 2 is 2.04 bits per heavy atom. The Morgan fingerprint density at radius 1 is 1.43 bits per heavy atom. The third-order valence-electron chi connectivity index (χ3n) is 3.09. The zero-order valence-electron chi connectivity index (χ0n) is 13.0. The van der Waals surface area contributed by atoms with E-state index in [4.69, 9.17) is 4.74 Å². The zero-order chi connectivity index (χ0) is 17.6. The lowest BCUT2D eigenvalue weighted by Gasteiger charge is -2.15. The summed E-state index contributed by atoms with van der Waals surface area (Å²) >= 11 is 0. The van der Waals surface area contributed by atoms with Gasteiger partial charge in [0.05, 0.1) is 19.3 Å². The minimum atomic E-state index is -4.41. The first-order valence-electron chi connectivity index (χ1n) is 6.75.